The number of aliphatic carboxylic acids is 1. The molecule has 0 saturated heterocycles. The van der Waals surface area contributed by atoms with Crippen LogP contribution in [0.4, 0.5) is 0 Å². The van der Waals surface area contributed by atoms with Crippen LogP contribution in [0.1, 0.15) is 6.42 Å². The van der Waals surface area contributed by atoms with Gasteiger partial charge in [0.2, 0.25) is 0 Å². The van der Waals surface area contributed by atoms with Crippen LogP contribution in [-0.2, 0) is 4.79 Å². The number of carboxylic acids is 1. The first-order chi connectivity index (χ1) is 6.77. The van der Waals surface area contributed by atoms with Gasteiger partial charge in [0.05, 0.1) is 6.42 Å². The molecule has 0 saturated carbocycles. The molecule has 0 bridgehead atoms. The van der Waals surface area contributed by atoms with Gasteiger partial charge in [0.15, 0.2) is 0 Å². The number of carbonyl (C=O) groups is 1. The Kier molecular flexibility index (Phi) is 10.5. The number of thioether (sulfide) groups is 1. The summed E-state index contributed by atoms with van der Waals surface area (Å²) in [6, 6.07) is 0. The van der Waals surface area contributed by atoms with E-state index in [-0.39, 0.29) is 6.42 Å². The summed E-state index contributed by atoms with van der Waals surface area (Å²) < 4.78 is 0. The van der Waals surface area contributed by atoms with Crippen molar-refractivity contribution < 1.29 is 9.90 Å². The molecule has 0 amide bonds. The highest BCUT2D eigenvalue weighted by Crippen LogP contribution is 1.92. The van der Waals surface area contributed by atoms with Gasteiger partial charge in [-0.3, -0.25) is 4.79 Å². The maximum atomic E-state index is 10.1. The van der Waals surface area contributed by atoms with Crippen molar-refractivity contribution >= 4 is 17.7 Å². The first-order valence-electron chi connectivity index (χ1n) is 4.63. The van der Waals surface area contributed by atoms with Crippen molar-refractivity contribution in [2.24, 2.45) is 0 Å². The summed E-state index contributed by atoms with van der Waals surface area (Å²) in [5, 5.41) is 17.5. The number of carboxylic acid groups (broad SMARTS) is 1. The molecule has 0 spiro atoms. The highest BCUT2D eigenvalue weighted by atomic mass is 32.2. The second-order valence-electron chi connectivity index (χ2n) is 2.73. The fraction of sp³-hybridized carbons (Fsp3) is 0.875. The van der Waals surface area contributed by atoms with E-state index in [1.165, 1.54) is 0 Å². The summed E-state index contributed by atoms with van der Waals surface area (Å²) in [6.45, 7) is 2.13. The van der Waals surface area contributed by atoms with Gasteiger partial charge < -0.3 is 21.1 Å². The molecule has 0 aromatic carbocycles. The van der Waals surface area contributed by atoms with E-state index in [2.05, 4.69) is 16.0 Å². The Morgan fingerprint density at radius 1 is 1.36 bits per heavy atom. The summed E-state index contributed by atoms with van der Waals surface area (Å²) >= 11 is 1.83. The van der Waals surface area contributed by atoms with E-state index in [0.29, 0.717) is 13.2 Å². The van der Waals surface area contributed by atoms with Crippen LogP contribution < -0.4 is 16.0 Å². The van der Waals surface area contributed by atoms with Crippen LogP contribution in [0.25, 0.3) is 0 Å². The molecule has 0 heterocycles. The van der Waals surface area contributed by atoms with E-state index in [9.17, 15) is 4.79 Å². The standard InChI is InChI=1S/C8H19N3O2S/c1-9-7-14-5-4-11-6-10-3-2-8(12)13/h9-11H,2-7H2,1H3,(H,12,13). The summed E-state index contributed by atoms with van der Waals surface area (Å²) in [7, 11) is 1.92. The number of nitrogens with one attached hydrogen (secondary N) is 3. The van der Waals surface area contributed by atoms with Crippen LogP contribution in [-0.4, -0.2) is 49.5 Å². The Morgan fingerprint density at radius 2 is 2.07 bits per heavy atom. The lowest BCUT2D eigenvalue weighted by Crippen LogP contribution is -2.32. The molecule has 6 heteroatoms. The van der Waals surface area contributed by atoms with Crippen LogP contribution in [0.2, 0.25) is 0 Å². The summed E-state index contributed by atoms with van der Waals surface area (Å²) in [4.78, 5) is 10.1. The third kappa shape index (κ3) is 11.7. The van der Waals surface area contributed by atoms with E-state index in [0.717, 1.165) is 18.2 Å². The lowest BCUT2D eigenvalue weighted by molar-refractivity contribution is -0.136. The topological polar surface area (TPSA) is 73.4 Å². The molecular formula is C8H19N3O2S. The fourth-order valence-electron chi connectivity index (χ4n) is 0.779. The average molecular weight is 221 g/mol. The molecule has 0 fully saturated rings. The lowest BCUT2D eigenvalue weighted by atomic mass is 10.4. The molecule has 0 aromatic rings. The maximum Gasteiger partial charge on any atom is 0.304 e. The minimum absolute atomic E-state index is 0.177. The third-order valence-corrected chi connectivity index (χ3v) is 2.42. The van der Waals surface area contributed by atoms with Gasteiger partial charge in [-0.05, 0) is 7.05 Å². The van der Waals surface area contributed by atoms with E-state index < -0.39 is 5.97 Å². The number of hydrogen-bond donors (Lipinski definition) is 4. The molecule has 0 aromatic heterocycles. The maximum absolute atomic E-state index is 10.1. The van der Waals surface area contributed by atoms with Gasteiger partial charge >= 0.3 is 5.97 Å². The lowest BCUT2D eigenvalue weighted by Gasteiger charge is -2.05. The first-order valence-corrected chi connectivity index (χ1v) is 5.78. The smallest absolute Gasteiger partial charge is 0.304 e. The van der Waals surface area contributed by atoms with Crippen LogP contribution in [0.3, 0.4) is 0 Å². The highest BCUT2D eigenvalue weighted by molar-refractivity contribution is 7.99. The fourth-order valence-corrected chi connectivity index (χ4v) is 1.42. The summed E-state index contributed by atoms with van der Waals surface area (Å²) in [5.74, 6) is 1.26. The SMILES string of the molecule is CNCSCCNCNCCC(=O)O. The Labute approximate surface area is 89.0 Å². The first kappa shape index (κ1) is 13.7. The molecule has 0 atom stereocenters. The van der Waals surface area contributed by atoms with Crippen LogP contribution in [0.15, 0.2) is 0 Å². The molecular weight excluding hydrogens is 202 g/mol. The second kappa shape index (κ2) is 10.8. The van der Waals surface area contributed by atoms with Crippen LogP contribution in [0, 0.1) is 0 Å². The molecule has 84 valence electrons. The van der Waals surface area contributed by atoms with Crippen molar-refractivity contribution in [2.75, 3.05) is 38.4 Å². The highest BCUT2D eigenvalue weighted by Gasteiger charge is 1.94. The van der Waals surface area contributed by atoms with E-state index in [1.807, 2.05) is 18.8 Å². The van der Waals surface area contributed by atoms with Gasteiger partial charge in [-0.25, -0.2) is 0 Å². The largest absolute Gasteiger partial charge is 0.481 e. The molecule has 0 aliphatic carbocycles. The van der Waals surface area contributed by atoms with Crippen molar-refractivity contribution in [2.45, 2.75) is 6.42 Å². The van der Waals surface area contributed by atoms with Crippen molar-refractivity contribution in [3.63, 3.8) is 0 Å². The normalized spacial score (nSPS) is 10.4. The Bertz CT molecular complexity index is 147. The van der Waals surface area contributed by atoms with Crippen LogP contribution >= 0.6 is 11.8 Å². The van der Waals surface area contributed by atoms with Gasteiger partial charge in [-0.2, -0.15) is 0 Å². The van der Waals surface area contributed by atoms with Gasteiger partial charge in [0.25, 0.3) is 0 Å². The van der Waals surface area contributed by atoms with E-state index >= 15 is 0 Å². The van der Waals surface area contributed by atoms with Gasteiger partial charge in [0, 0.05) is 31.4 Å². The molecule has 0 unspecified atom stereocenters. The monoisotopic (exact) mass is 221 g/mol. The van der Waals surface area contributed by atoms with Crippen molar-refractivity contribution in [1.29, 1.82) is 0 Å². The Hall–Kier alpha value is -0.300. The Morgan fingerprint density at radius 3 is 2.71 bits per heavy atom. The predicted octanol–water partition coefficient (Wildman–Crippen LogP) is -0.492. The molecule has 0 radical (unpaired) electrons. The van der Waals surface area contributed by atoms with Gasteiger partial charge in [-0.15, -0.1) is 11.8 Å². The zero-order valence-corrected chi connectivity index (χ0v) is 9.32. The Balaban J connectivity index is 2.88. The second-order valence-corrected chi connectivity index (χ2v) is 3.83. The summed E-state index contributed by atoms with van der Waals surface area (Å²) in [6.07, 6.45) is 0.177. The molecule has 0 aliphatic heterocycles. The van der Waals surface area contributed by atoms with Gasteiger partial charge in [-0.1, -0.05) is 0 Å². The zero-order valence-electron chi connectivity index (χ0n) is 8.51. The number of hydrogen-bond acceptors (Lipinski definition) is 5. The average Bonchev–Trinajstić information content (AvgIpc) is 2.15. The minimum Gasteiger partial charge on any atom is -0.481 e. The number of rotatable bonds is 10. The molecule has 5 nitrogen and oxygen atoms in total. The zero-order chi connectivity index (χ0) is 10.6. The third-order valence-electron chi connectivity index (χ3n) is 1.44. The summed E-state index contributed by atoms with van der Waals surface area (Å²) in [5.41, 5.74) is 0. The molecule has 0 aliphatic rings. The van der Waals surface area contributed by atoms with E-state index in [1.54, 1.807) is 0 Å². The van der Waals surface area contributed by atoms with Crippen LogP contribution in [0.5, 0.6) is 0 Å². The van der Waals surface area contributed by atoms with E-state index in [4.69, 9.17) is 5.11 Å². The minimum atomic E-state index is -0.762. The quantitative estimate of drug-likeness (QED) is 0.295. The predicted molar refractivity (Wildman–Crippen MR) is 59.5 cm³/mol. The molecule has 0 rings (SSSR count). The van der Waals surface area contributed by atoms with Crippen molar-refractivity contribution in [3.05, 3.63) is 0 Å². The molecule has 4 N–H and O–H groups in total. The van der Waals surface area contributed by atoms with Crippen molar-refractivity contribution in [1.82, 2.24) is 16.0 Å². The van der Waals surface area contributed by atoms with Gasteiger partial charge in [0.1, 0.15) is 0 Å². The molecule has 14 heavy (non-hydrogen) atoms. The van der Waals surface area contributed by atoms with Crippen molar-refractivity contribution in [3.8, 4) is 0 Å².